The lowest BCUT2D eigenvalue weighted by Crippen LogP contribution is -2.29. The molecule has 2 aromatic heterocycles. The van der Waals surface area contributed by atoms with Crippen molar-refractivity contribution in [2.45, 2.75) is 37.3 Å². The zero-order chi connectivity index (χ0) is 14.6. The topological polar surface area (TPSA) is 43.6 Å². The first-order valence-electron chi connectivity index (χ1n) is 7.30. The van der Waals surface area contributed by atoms with Crippen LogP contribution in [-0.4, -0.2) is 19.7 Å². The fourth-order valence-corrected chi connectivity index (χ4v) is 3.17. The van der Waals surface area contributed by atoms with Crippen molar-refractivity contribution in [3.8, 4) is 0 Å². The average molecular weight is 307 g/mol. The van der Waals surface area contributed by atoms with Gasteiger partial charge in [0.2, 0.25) is 0 Å². The average Bonchev–Trinajstić information content (AvgIpc) is 3.35. The van der Waals surface area contributed by atoms with Crippen molar-refractivity contribution in [2.24, 2.45) is 13.0 Å². The largest absolute Gasteiger partial charge is 0.318 e. The normalized spacial score (nSPS) is 21.3. The zero-order valence-corrected chi connectivity index (χ0v) is 12.5. The van der Waals surface area contributed by atoms with Crippen LogP contribution >= 0.6 is 11.6 Å². The van der Waals surface area contributed by atoms with Gasteiger partial charge in [0.15, 0.2) is 11.5 Å². The number of aryl methyl sites for hydroxylation is 1. The molecule has 2 aromatic rings. The molecular weight excluding hydrogens is 291 g/mol. The van der Waals surface area contributed by atoms with Gasteiger partial charge in [-0.25, -0.2) is 9.37 Å². The molecule has 110 valence electrons. The van der Waals surface area contributed by atoms with Crippen LogP contribution in [0.1, 0.15) is 48.7 Å². The molecule has 0 spiro atoms. The van der Waals surface area contributed by atoms with Crippen LogP contribution < -0.4 is 0 Å². The van der Waals surface area contributed by atoms with Gasteiger partial charge in [-0.2, -0.15) is 0 Å². The molecule has 2 aliphatic rings. The summed E-state index contributed by atoms with van der Waals surface area (Å²) in [6, 6.07) is 3.51. The minimum atomic E-state index is -1.62. The van der Waals surface area contributed by atoms with Gasteiger partial charge in [-0.1, -0.05) is 11.6 Å². The number of pyridine rings is 1. The van der Waals surface area contributed by atoms with E-state index in [1.807, 2.05) is 6.07 Å². The Morgan fingerprint density at radius 3 is 2.62 bits per heavy atom. The molecule has 1 atom stereocenters. The van der Waals surface area contributed by atoms with Crippen molar-refractivity contribution in [3.05, 3.63) is 40.7 Å². The molecule has 0 radical (unpaired) electrons. The second kappa shape index (κ2) is 4.50. The van der Waals surface area contributed by atoms with Crippen LogP contribution in [-0.2, 0) is 12.7 Å². The molecule has 0 bridgehead atoms. The van der Waals surface area contributed by atoms with E-state index in [1.54, 1.807) is 17.7 Å². The Kier molecular flexibility index (Phi) is 2.83. The van der Waals surface area contributed by atoms with Gasteiger partial charge >= 0.3 is 0 Å². The molecule has 21 heavy (non-hydrogen) atoms. The monoisotopic (exact) mass is 306 g/mol. The molecule has 2 aliphatic carbocycles. The third-order valence-corrected chi connectivity index (χ3v) is 4.60. The Balaban J connectivity index is 1.86. The Bertz CT molecular complexity index is 693. The third-order valence-electron chi connectivity index (χ3n) is 4.41. The molecule has 6 heteroatoms. The Hall–Kier alpha value is -1.49. The summed E-state index contributed by atoms with van der Waals surface area (Å²) in [5, 5.41) is 8.22. The van der Waals surface area contributed by atoms with E-state index >= 15 is 4.39 Å². The summed E-state index contributed by atoms with van der Waals surface area (Å²) in [4.78, 5) is 4.35. The van der Waals surface area contributed by atoms with Crippen LogP contribution in [0.4, 0.5) is 4.39 Å². The van der Waals surface area contributed by atoms with Gasteiger partial charge < -0.3 is 4.57 Å². The number of alkyl halides is 1. The van der Waals surface area contributed by atoms with Crippen molar-refractivity contribution in [1.29, 1.82) is 0 Å². The van der Waals surface area contributed by atoms with Gasteiger partial charge in [0.1, 0.15) is 11.5 Å². The van der Waals surface area contributed by atoms with Gasteiger partial charge in [-0.15, -0.1) is 10.2 Å². The highest BCUT2D eigenvalue weighted by Crippen LogP contribution is 2.53. The second-order valence-corrected chi connectivity index (χ2v) is 6.52. The number of hydrogen-bond acceptors (Lipinski definition) is 3. The van der Waals surface area contributed by atoms with Gasteiger partial charge in [-0.05, 0) is 37.8 Å². The van der Waals surface area contributed by atoms with Crippen LogP contribution in [0.3, 0.4) is 0 Å². The van der Waals surface area contributed by atoms with E-state index in [2.05, 4.69) is 15.2 Å². The lowest BCUT2D eigenvalue weighted by Gasteiger charge is -2.25. The molecule has 2 heterocycles. The lowest BCUT2D eigenvalue weighted by atomic mass is 9.89. The van der Waals surface area contributed by atoms with Crippen molar-refractivity contribution in [3.63, 3.8) is 0 Å². The molecular formula is C15H16ClFN4. The van der Waals surface area contributed by atoms with Crippen molar-refractivity contribution in [1.82, 2.24) is 19.7 Å². The predicted octanol–water partition coefficient (Wildman–Crippen LogP) is 3.36. The third kappa shape index (κ3) is 2.14. The first-order chi connectivity index (χ1) is 10.1. The van der Waals surface area contributed by atoms with Crippen LogP contribution in [0, 0.1) is 5.92 Å². The molecule has 0 aromatic carbocycles. The number of aromatic nitrogens is 4. The van der Waals surface area contributed by atoms with Crippen LogP contribution in [0.2, 0.25) is 5.15 Å². The standard InChI is InChI=1S/C15H16ClFN4/c1-21-8-18-20-14(21)15(17,10-4-5-10)11-6-12(9-2-3-9)19-13(16)7-11/h6-10H,2-5H2,1H3. The SMILES string of the molecule is Cn1cnnc1C(F)(c1cc(Cl)nc(C2CC2)c1)C1CC1. The molecule has 0 aliphatic heterocycles. The van der Waals surface area contributed by atoms with Gasteiger partial charge in [-0.3, -0.25) is 0 Å². The summed E-state index contributed by atoms with van der Waals surface area (Å²) in [5.41, 5.74) is -0.146. The fraction of sp³-hybridized carbons (Fsp3) is 0.533. The predicted molar refractivity (Wildman–Crippen MR) is 76.8 cm³/mol. The summed E-state index contributed by atoms with van der Waals surface area (Å²) < 4.78 is 17.6. The lowest BCUT2D eigenvalue weighted by molar-refractivity contribution is 0.168. The first-order valence-corrected chi connectivity index (χ1v) is 7.68. The number of rotatable bonds is 4. The second-order valence-electron chi connectivity index (χ2n) is 6.13. The fourth-order valence-electron chi connectivity index (χ4n) is 2.96. The number of nitrogens with zero attached hydrogens (tertiary/aromatic N) is 4. The van der Waals surface area contributed by atoms with E-state index in [0.717, 1.165) is 31.4 Å². The smallest absolute Gasteiger partial charge is 0.198 e. The molecule has 0 N–H and O–H groups in total. The molecule has 4 rings (SSSR count). The highest BCUT2D eigenvalue weighted by atomic mass is 35.5. The van der Waals surface area contributed by atoms with E-state index in [1.165, 1.54) is 6.33 Å². The van der Waals surface area contributed by atoms with Gasteiger partial charge in [0.05, 0.1) is 0 Å². The molecule has 0 saturated heterocycles. The van der Waals surface area contributed by atoms with Crippen LogP contribution in [0.5, 0.6) is 0 Å². The quantitative estimate of drug-likeness (QED) is 0.814. The van der Waals surface area contributed by atoms with Gasteiger partial charge in [0.25, 0.3) is 0 Å². The van der Waals surface area contributed by atoms with E-state index in [9.17, 15) is 0 Å². The number of hydrogen-bond donors (Lipinski definition) is 0. The van der Waals surface area contributed by atoms with Crippen molar-refractivity contribution < 1.29 is 4.39 Å². The van der Waals surface area contributed by atoms with E-state index in [-0.39, 0.29) is 5.92 Å². The summed E-state index contributed by atoms with van der Waals surface area (Å²) >= 11 is 6.13. The summed E-state index contributed by atoms with van der Waals surface area (Å²) in [6.07, 6.45) is 5.49. The Labute approximate surface area is 127 Å². The Morgan fingerprint density at radius 1 is 1.29 bits per heavy atom. The maximum Gasteiger partial charge on any atom is 0.198 e. The van der Waals surface area contributed by atoms with Crippen LogP contribution in [0.15, 0.2) is 18.5 Å². The highest BCUT2D eigenvalue weighted by molar-refractivity contribution is 6.29. The van der Waals surface area contributed by atoms with Crippen molar-refractivity contribution in [2.75, 3.05) is 0 Å². The first kappa shape index (κ1) is 13.2. The summed E-state index contributed by atoms with van der Waals surface area (Å²) in [7, 11) is 1.77. The molecule has 4 nitrogen and oxygen atoms in total. The molecule has 0 amide bonds. The zero-order valence-electron chi connectivity index (χ0n) is 11.8. The maximum atomic E-state index is 16.0. The van der Waals surface area contributed by atoms with Crippen molar-refractivity contribution >= 4 is 11.6 Å². The molecule has 1 unspecified atom stereocenters. The minimum absolute atomic E-state index is 0.0501. The van der Waals surface area contributed by atoms with E-state index in [0.29, 0.717) is 22.5 Å². The van der Waals surface area contributed by atoms with Gasteiger partial charge in [0, 0.05) is 30.1 Å². The summed E-state index contributed by atoms with van der Waals surface area (Å²) in [6.45, 7) is 0. The summed E-state index contributed by atoms with van der Waals surface area (Å²) in [5.74, 6) is 0.741. The molecule has 2 fully saturated rings. The highest BCUT2D eigenvalue weighted by Gasteiger charge is 2.52. The number of halogens is 2. The van der Waals surface area contributed by atoms with Crippen LogP contribution in [0.25, 0.3) is 0 Å². The Morgan fingerprint density at radius 2 is 2.05 bits per heavy atom. The maximum absolute atomic E-state index is 16.0. The minimum Gasteiger partial charge on any atom is -0.318 e. The van der Waals surface area contributed by atoms with E-state index < -0.39 is 5.67 Å². The molecule has 2 saturated carbocycles. The van der Waals surface area contributed by atoms with E-state index in [4.69, 9.17) is 11.6 Å².